The highest BCUT2D eigenvalue weighted by molar-refractivity contribution is 6.31. The Labute approximate surface area is 109 Å². The van der Waals surface area contributed by atoms with Crippen molar-refractivity contribution >= 4 is 17.6 Å². The Morgan fingerprint density at radius 3 is 2.24 bits per heavy atom. The largest absolute Gasteiger partial charge is 0.349 e. The van der Waals surface area contributed by atoms with Crippen LogP contribution in [0, 0.1) is 0 Å². The van der Waals surface area contributed by atoms with Crippen LogP contribution in [0.2, 0.25) is 5.02 Å². The maximum Gasteiger partial charge on any atom is 0.195 e. The molecule has 17 heavy (non-hydrogen) atoms. The minimum atomic E-state index is 0.745. The van der Waals surface area contributed by atoms with Gasteiger partial charge in [-0.2, -0.15) is 0 Å². The normalized spacial score (nSPS) is 9.94. The number of aliphatic imine (C=N–C) groups is 1. The fraction of sp³-hybridized carbons (Fsp3) is 0.462. The first-order valence-electron chi connectivity index (χ1n) is 5.65. The molecule has 4 heteroatoms. The smallest absolute Gasteiger partial charge is 0.195 e. The van der Waals surface area contributed by atoms with Gasteiger partial charge in [0.1, 0.15) is 0 Å². The van der Waals surface area contributed by atoms with Crippen LogP contribution < -0.4 is 0 Å². The summed E-state index contributed by atoms with van der Waals surface area (Å²) in [7, 11) is 7.98. The molecule has 0 aliphatic rings. The first-order chi connectivity index (χ1) is 8.02. The van der Waals surface area contributed by atoms with Gasteiger partial charge in [-0.15, -0.1) is 0 Å². The molecule has 94 valence electrons. The number of hydrogen-bond donors (Lipinski definition) is 0. The van der Waals surface area contributed by atoms with Gasteiger partial charge < -0.3 is 9.80 Å². The van der Waals surface area contributed by atoms with Crippen LogP contribution in [0.25, 0.3) is 0 Å². The van der Waals surface area contributed by atoms with Crippen LogP contribution in [0.4, 0.5) is 0 Å². The lowest BCUT2D eigenvalue weighted by Crippen LogP contribution is -2.35. The minimum Gasteiger partial charge on any atom is -0.349 e. The summed E-state index contributed by atoms with van der Waals surface area (Å²) < 4.78 is 0. The molecular formula is C13H20ClN3. The van der Waals surface area contributed by atoms with E-state index >= 15 is 0 Å². The van der Waals surface area contributed by atoms with Gasteiger partial charge in [-0.3, -0.25) is 4.99 Å². The lowest BCUT2D eigenvalue weighted by molar-refractivity contribution is 0.479. The zero-order valence-electron chi connectivity index (χ0n) is 10.9. The molecule has 0 amide bonds. The third kappa shape index (κ3) is 4.27. The molecule has 0 spiro atoms. The second kappa shape index (κ2) is 6.50. The van der Waals surface area contributed by atoms with Crippen LogP contribution in [0.3, 0.4) is 0 Å². The molecule has 1 rings (SSSR count). The fourth-order valence-electron chi connectivity index (χ4n) is 1.66. The minimum absolute atomic E-state index is 0.745. The van der Waals surface area contributed by atoms with Crippen LogP contribution in [-0.2, 0) is 6.42 Å². The highest BCUT2D eigenvalue weighted by atomic mass is 35.5. The summed E-state index contributed by atoms with van der Waals surface area (Å²) in [6.45, 7) is 0.745. The zero-order valence-corrected chi connectivity index (χ0v) is 11.7. The van der Waals surface area contributed by atoms with E-state index in [0.717, 1.165) is 29.5 Å². The van der Waals surface area contributed by atoms with E-state index in [4.69, 9.17) is 11.6 Å². The van der Waals surface area contributed by atoms with E-state index in [1.165, 1.54) is 0 Å². The maximum absolute atomic E-state index is 6.10. The van der Waals surface area contributed by atoms with Crippen molar-refractivity contribution in [3.05, 3.63) is 34.9 Å². The summed E-state index contributed by atoms with van der Waals surface area (Å²) in [4.78, 5) is 8.58. The summed E-state index contributed by atoms with van der Waals surface area (Å²) >= 11 is 6.10. The van der Waals surface area contributed by atoms with Crippen LogP contribution in [0.15, 0.2) is 29.3 Å². The van der Waals surface area contributed by atoms with Crippen molar-refractivity contribution in [2.75, 3.05) is 34.7 Å². The summed E-state index contributed by atoms with van der Waals surface area (Å²) in [5, 5.41) is 0.818. The highest BCUT2D eigenvalue weighted by Crippen LogP contribution is 2.15. The van der Waals surface area contributed by atoms with Crippen molar-refractivity contribution < 1.29 is 0 Å². The number of hydrogen-bond acceptors (Lipinski definition) is 1. The van der Waals surface area contributed by atoms with E-state index in [0.29, 0.717) is 0 Å². The van der Waals surface area contributed by atoms with Gasteiger partial charge in [0.2, 0.25) is 0 Å². The van der Waals surface area contributed by atoms with Gasteiger partial charge in [0.05, 0.1) is 0 Å². The molecule has 0 heterocycles. The van der Waals surface area contributed by atoms with Crippen molar-refractivity contribution in [1.29, 1.82) is 0 Å². The van der Waals surface area contributed by atoms with Crippen LogP contribution in [0.5, 0.6) is 0 Å². The Balaban J connectivity index is 2.62. The van der Waals surface area contributed by atoms with Gasteiger partial charge in [-0.1, -0.05) is 29.8 Å². The number of nitrogens with zero attached hydrogens (tertiary/aromatic N) is 3. The van der Waals surface area contributed by atoms with Gasteiger partial charge in [0, 0.05) is 39.8 Å². The standard InChI is InChI=1S/C13H20ClN3/c1-16(2)13(17(3)4)15-10-9-11-7-5-6-8-12(11)14/h5-8H,9-10H2,1-4H3. The third-order valence-corrected chi connectivity index (χ3v) is 2.76. The SMILES string of the molecule is CN(C)C(=NCCc1ccccc1Cl)N(C)C. The van der Waals surface area contributed by atoms with Crippen LogP contribution in [-0.4, -0.2) is 50.5 Å². The van der Waals surface area contributed by atoms with Gasteiger partial charge >= 0.3 is 0 Å². The second-order valence-corrected chi connectivity index (χ2v) is 4.72. The summed E-state index contributed by atoms with van der Waals surface area (Å²) in [5.74, 6) is 0.969. The molecule has 0 saturated heterocycles. The molecule has 0 fully saturated rings. The number of halogens is 1. The van der Waals surface area contributed by atoms with Crippen LogP contribution in [0.1, 0.15) is 5.56 Å². The predicted octanol–water partition coefficient (Wildman–Crippen LogP) is 2.36. The molecule has 0 aliphatic carbocycles. The Morgan fingerprint density at radius 1 is 1.12 bits per heavy atom. The average molecular weight is 254 g/mol. The van der Waals surface area contributed by atoms with Crippen molar-refractivity contribution in [1.82, 2.24) is 9.80 Å². The third-order valence-electron chi connectivity index (χ3n) is 2.39. The zero-order chi connectivity index (χ0) is 12.8. The molecule has 0 N–H and O–H groups in total. The maximum atomic E-state index is 6.10. The monoisotopic (exact) mass is 253 g/mol. The first kappa shape index (κ1) is 13.8. The van der Waals surface area contributed by atoms with E-state index in [9.17, 15) is 0 Å². The van der Waals surface area contributed by atoms with Gasteiger partial charge in [0.15, 0.2) is 5.96 Å². The molecular weight excluding hydrogens is 234 g/mol. The summed E-state index contributed by atoms with van der Waals surface area (Å²) in [6.07, 6.45) is 0.866. The molecule has 1 aromatic rings. The van der Waals surface area contributed by atoms with E-state index < -0.39 is 0 Å². The van der Waals surface area contributed by atoms with Gasteiger partial charge in [-0.05, 0) is 18.1 Å². The number of benzene rings is 1. The molecule has 0 radical (unpaired) electrons. The lowest BCUT2D eigenvalue weighted by Gasteiger charge is -2.22. The molecule has 0 unspecified atom stereocenters. The highest BCUT2D eigenvalue weighted by Gasteiger charge is 2.04. The molecule has 0 atom stereocenters. The first-order valence-corrected chi connectivity index (χ1v) is 6.02. The van der Waals surface area contributed by atoms with Gasteiger partial charge in [-0.25, -0.2) is 0 Å². The molecule has 0 bridgehead atoms. The Bertz CT molecular complexity index is 376. The quantitative estimate of drug-likeness (QED) is 0.608. The van der Waals surface area contributed by atoms with E-state index in [2.05, 4.69) is 4.99 Å². The Hall–Kier alpha value is -1.22. The number of rotatable bonds is 3. The van der Waals surface area contributed by atoms with E-state index in [1.54, 1.807) is 0 Å². The van der Waals surface area contributed by atoms with Crippen molar-refractivity contribution in [2.24, 2.45) is 4.99 Å². The fourth-order valence-corrected chi connectivity index (χ4v) is 1.89. The molecule has 3 nitrogen and oxygen atoms in total. The average Bonchev–Trinajstić information content (AvgIpc) is 2.25. The van der Waals surface area contributed by atoms with Crippen molar-refractivity contribution in [3.8, 4) is 0 Å². The Morgan fingerprint density at radius 2 is 1.71 bits per heavy atom. The van der Waals surface area contributed by atoms with Crippen LogP contribution >= 0.6 is 11.6 Å². The molecule has 0 aromatic heterocycles. The van der Waals surface area contributed by atoms with E-state index in [-0.39, 0.29) is 0 Å². The molecule has 0 aliphatic heterocycles. The lowest BCUT2D eigenvalue weighted by atomic mass is 10.1. The van der Waals surface area contributed by atoms with Gasteiger partial charge in [0.25, 0.3) is 0 Å². The summed E-state index contributed by atoms with van der Waals surface area (Å²) in [5.41, 5.74) is 1.15. The Kier molecular flexibility index (Phi) is 5.29. The molecule has 1 aromatic carbocycles. The van der Waals surface area contributed by atoms with Crippen molar-refractivity contribution in [2.45, 2.75) is 6.42 Å². The summed E-state index contributed by atoms with van der Waals surface area (Å²) in [6, 6.07) is 7.91. The topological polar surface area (TPSA) is 18.8 Å². The predicted molar refractivity (Wildman–Crippen MR) is 74.8 cm³/mol. The van der Waals surface area contributed by atoms with E-state index in [1.807, 2.05) is 62.3 Å². The number of guanidine groups is 1. The molecule has 0 saturated carbocycles. The van der Waals surface area contributed by atoms with Crippen molar-refractivity contribution in [3.63, 3.8) is 0 Å². The second-order valence-electron chi connectivity index (χ2n) is 4.31.